The predicted molar refractivity (Wildman–Crippen MR) is 87.4 cm³/mol. The number of likely N-dealkylation sites (tertiary alicyclic amines) is 1. The van der Waals surface area contributed by atoms with E-state index in [4.69, 9.17) is 0 Å². The summed E-state index contributed by atoms with van der Waals surface area (Å²) in [6, 6.07) is 0. The topological polar surface area (TPSA) is 68.1 Å². The van der Waals surface area contributed by atoms with Gasteiger partial charge in [0.25, 0.3) is 0 Å². The fraction of sp³-hybridized carbons (Fsp3) is 0.500. The molecule has 0 N–H and O–H groups in total. The number of thiazole rings is 1. The second kappa shape index (κ2) is 6.62. The van der Waals surface area contributed by atoms with Crippen LogP contribution in [0.15, 0.2) is 17.8 Å². The fourth-order valence-corrected chi connectivity index (χ4v) is 3.57. The molecule has 1 fully saturated rings. The number of carbonyl (C=O) groups excluding carboxylic acids is 2. The highest BCUT2D eigenvalue weighted by Crippen LogP contribution is 2.21. The van der Waals surface area contributed by atoms with Crippen LogP contribution in [0.25, 0.3) is 0 Å². The van der Waals surface area contributed by atoms with Gasteiger partial charge < -0.3 is 9.47 Å². The van der Waals surface area contributed by atoms with Crippen molar-refractivity contribution >= 4 is 23.0 Å². The molecule has 0 spiro atoms. The van der Waals surface area contributed by atoms with E-state index < -0.39 is 0 Å². The lowest BCUT2D eigenvalue weighted by atomic mass is 9.93. The number of piperidine rings is 1. The Morgan fingerprint density at radius 2 is 2.26 bits per heavy atom. The molecule has 3 heterocycles. The van der Waals surface area contributed by atoms with Gasteiger partial charge in [-0.1, -0.05) is 0 Å². The normalized spacial score (nSPS) is 18.2. The van der Waals surface area contributed by atoms with E-state index in [1.54, 1.807) is 33.2 Å². The van der Waals surface area contributed by atoms with Crippen LogP contribution in [-0.4, -0.2) is 44.2 Å². The highest BCUT2D eigenvalue weighted by molar-refractivity contribution is 7.09. The van der Waals surface area contributed by atoms with E-state index in [0.717, 1.165) is 23.5 Å². The van der Waals surface area contributed by atoms with E-state index >= 15 is 0 Å². The molecule has 0 saturated carbocycles. The minimum Gasteiger partial charge on any atom is -0.342 e. The molecule has 1 aliphatic rings. The van der Waals surface area contributed by atoms with Crippen LogP contribution in [0, 0.1) is 12.8 Å². The Kier molecular flexibility index (Phi) is 4.56. The van der Waals surface area contributed by atoms with Crippen LogP contribution in [0.1, 0.15) is 34.2 Å². The van der Waals surface area contributed by atoms with E-state index in [1.165, 1.54) is 0 Å². The number of aryl methyl sites for hydroxylation is 2. The molecule has 1 atom stereocenters. The van der Waals surface area contributed by atoms with Crippen LogP contribution in [0.4, 0.5) is 0 Å². The molecule has 6 nitrogen and oxygen atoms in total. The van der Waals surface area contributed by atoms with Gasteiger partial charge in [0, 0.05) is 43.8 Å². The number of ketones is 1. The number of Topliss-reactive ketones (excluding diaryl/α,β-unsaturated/α-hetero) is 1. The molecule has 0 bridgehead atoms. The maximum atomic E-state index is 12.6. The van der Waals surface area contributed by atoms with E-state index in [1.807, 2.05) is 19.4 Å². The second-order valence-corrected chi connectivity index (χ2v) is 7.00. The van der Waals surface area contributed by atoms with Crippen molar-refractivity contribution in [2.75, 3.05) is 13.1 Å². The van der Waals surface area contributed by atoms with Gasteiger partial charge in [-0.2, -0.15) is 0 Å². The Balaban J connectivity index is 1.65. The summed E-state index contributed by atoms with van der Waals surface area (Å²) >= 11 is 1.55. The molecule has 0 aromatic carbocycles. The summed E-state index contributed by atoms with van der Waals surface area (Å²) in [6.07, 6.45) is 5.37. The molecular weight excluding hydrogens is 312 g/mol. The average molecular weight is 332 g/mol. The summed E-state index contributed by atoms with van der Waals surface area (Å²) < 4.78 is 1.74. The molecule has 0 aliphatic carbocycles. The van der Waals surface area contributed by atoms with E-state index in [2.05, 4.69) is 9.97 Å². The molecule has 2 aromatic heterocycles. The third-order valence-electron chi connectivity index (χ3n) is 4.19. The smallest absolute Gasteiger partial charge is 0.228 e. The van der Waals surface area contributed by atoms with Gasteiger partial charge in [0.05, 0.1) is 17.1 Å². The highest BCUT2D eigenvalue weighted by atomic mass is 32.1. The molecule has 3 rings (SSSR count). The minimum atomic E-state index is -0.161. The number of nitrogens with zero attached hydrogens (tertiary/aromatic N) is 4. The third kappa shape index (κ3) is 3.50. The summed E-state index contributed by atoms with van der Waals surface area (Å²) in [6.45, 7) is 3.13. The van der Waals surface area contributed by atoms with Crippen molar-refractivity contribution in [1.82, 2.24) is 19.4 Å². The van der Waals surface area contributed by atoms with Crippen molar-refractivity contribution in [3.63, 3.8) is 0 Å². The van der Waals surface area contributed by atoms with Crippen LogP contribution < -0.4 is 0 Å². The number of hydrogen-bond donors (Lipinski definition) is 0. The molecule has 0 radical (unpaired) electrons. The van der Waals surface area contributed by atoms with Gasteiger partial charge in [0.15, 0.2) is 5.82 Å². The number of aromatic nitrogens is 3. The zero-order chi connectivity index (χ0) is 16.4. The average Bonchev–Trinajstić information content (AvgIpc) is 3.15. The van der Waals surface area contributed by atoms with E-state index in [9.17, 15) is 9.59 Å². The number of imidazole rings is 1. The van der Waals surface area contributed by atoms with Crippen molar-refractivity contribution in [1.29, 1.82) is 0 Å². The molecule has 7 heteroatoms. The largest absolute Gasteiger partial charge is 0.342 e. The summed E-state index contributed by atoms with van der Waals surface area (Å²) in [4.78, 5) is 35.3. The first-order valence-electron chi connectivity index (χ1n) is 7.75. The van der Waals surface area contributed by atoms with E-state index in [0.29, 0.717) is 25.3 Å². The first-order chi connectivity index (χ1) is 11.0. The Morgan fingerprint density at radius 1 is 1.43 bits per heavy atom. The fourth-order valence-electron chi connectivity index (χ4n) is 2.96. The maximum absolute atomic E-state index is 12.6. The Bertz CT molecular complexity index is 721. The monoisotopic (exact) mass is 332 g/mol. The maximum Gasteiger partial charge on any atom is 0.228 e. The van der Waals surface area contributed by atoms with Gasteiger partial charge in [-0.15, -0.1) is 11.3 Å². The highest BCUT2D eigenvalue weighted by Gasteiger charge is 2.30. The van der Waals surface area contributed by atoms with Crippen molar-refractivity contribution < 1.29 is 9.59 Å². The molecule has 0 unspecified atom stereocenters. The minimum absolute atomic E-state index is 0.0273. The standard InChI is InChI=1S/C16H20N4O2S/c1-11-18-13(10-23-11)8-14(21)20-6-3-4-12(9-20)15(22)16-17-5-7-19(16)2/h5,7,10,12H,3-4,6,8-9H2,1-2H3/t12-/m1/s1. The summed E-state index contributed by atoms with van der Waals surface area (Å²) in [7, 11) is 1.82. The SMILES string of the molecule is Cc1nc(CC(=O)N2CCC[C@@H](C(=O)c3nccn3C)C2)cs1. The van der Waals surface area contributed by atoms with Crippen LogP contribution >= 0.6 is 11.3 Å². The number of hydrogen-bond acceptors (Lipinski definition) is 5. The molecule has 1 saturated heterocycles. The van der Waals surface area contributed by atoms with Gasteiger partial charge >= 0.3 is 0 Å². The lowest BCUT2D eigenvalue weighted by Gasteiger charge is -2.31. The molecular formula is C16H20N4O2S. The van der Waals surface area contributed by atoms with Gasteiger partial charge in [0.1, 0.15) is 0 Å². The molecule has 1 amide bonds. The van der Waals surface area contributed by atoms with Crippen LogP contribution in [-0.2, 0) is 18.3 Å². The van der Waals surface area contributed by atoms with Crippen molar-refractivity contribution in [2.45, 2.75) is 26.2 Å². The van der Waals surface area contributed by atoms with Gasteiger partial charge in [0.2, 0.25) is 11.7 Å². The zero-order valence-corrected chi connectivity index (χ0v) is 14.2. The number of rotatable bonds is 4. The molecule has 1 aliphatic heterocycles. The lowest BCUT2D eigenvalue weighted by Crippen LogP contribution is -2.43. The van der Waals surface area contributed by atoms with Crippen molar-refractivity contribution in [3.05, 3.63) is 34.3 Å². The summed E-state index contributed by atoms with van der Waals surface area (Å²) in [5, 5.41) is 2.89. The van der Waals surface area contributed by atoms with Crippen LogP contribution in [0.5, 0.6) is 0 Å². The summed E-state index contributed by atoms with van der Waals surface area (Å²) in [5.74, 6) is 0.387. The van der Waals surface area contributed by atoms with Crippen LogP contribution in [0.2, 0.25) is 0 Å². The van der Waals surface area contributed by atoms with Gasteiger partial charge in [-0.3, -0.25) is 9.59 Å². The number of amides is 1. The summed E-state index contributed by atoms with van der Waals surface area (Å²) in [5.41, 5.74) is 0.815. The second-order valence-electron chi connectivity index (χ2n) is 5.94. The first kappa shape index (κ1) is 15.9. The van der Waals surface area contributed by atoms with Crippen molar-refractivity contribution in [2.24, 2.45) is 13.0 Å². The Hall–Kier alpha value is -2.02. The zero-order valence-electron chi connectivity index (χ0n) is 13.4. The lowest BCUT2D eigenvalue weighted by molar-refractivity contribution is -0.131. The Morgan fingerprint density at radius 3 is 2.91 bits per heavy atom. The van der Waals surface area contributed by atoms with Gasteiger partial charge in [-0.25, -0.2) is 9.97 Å². The molecule has 2 aromatic rings. The number of carbonyl (C=O) groups is 2. The molecule has 23 heavy (non-hydrogen) atoms. The third-order valence-corrected chi connectivity index (χ3v) is 5.01. The van der Waals surface area contributed by atoms with Crippen LogP contribution in [0.3, 0.4) is 0 Å². The Labute approximate surface area is 139 Å². The quantitative estimate of drug-likeness (QED) is 0.801. The van der Waals surface area contributed by atoms with Crippen molar-refractivity contribution in [3.8, 4) is 0 Å². The first-order valence-corrected chi connectivity index (χ1v) is 8.63. The predicted octanol–water partition coefficient (Wildman–Crippen LogP) is 1.85. The van der Waals surface area contributed by atoms with E-state index in [-0.39, 0.29) is 17.6 Å². The van der Waals surface area contributed by atoms with Gasteiger partial charge in [-0.05, 0) is 19.8 Å². The molecule has 122 valence electrons.